The van der Waals surface area contributed by atoms with Gasteiger partial charge in [-0.15, -0.1) is 5.10 Å². The van der Waals surface area contributed by atoms with Gasteiger partial charge in [-0.1, -0.05) is 23.7 Å². The number of nitrogens with one attached hydrogen (secondary N) is 1. The SMILES string of the molecule is Cn1nc(C(=O)Nc2ncn(Cc3ccc(Cl)cc3)n2)cc1C1CC1. The number of aromatic nitrogens is 5. The molecular weight excluding hydrogens is 340 g/mol. The average Bonchev–Trinajstić information content (AvgIpc) is 3.22. The van der Waals surface area contributed by atoms with Gasteiger partial charge in [-0.05, 0) is 36.6 Å². The van der Waals surface area contributed by atoms with Crippen LogP contribution in [0.4, 0.5) is 5.95 Å². The van der Waals surface area contributed by atoms with Gasteiger partial charge in [-0.2, -0.15) is 5.10 Å². The number of aryl methyl sites for hydroxylation is 1. The third-order valence-electron chi connectivity index (χ3n) is 4.16. The van der Waals surface area contributed by atoms with Crippen LogP contribution in [0.2, 0.25) is 5.02 Å². The number of nitrogens with zero attached hydrogens (tertiary/aromatic N) is 5. The number of carbonyl (C=O) groups is 1. The molecule has 1 fully saturated rings. The molecule has 8 heteroatoms. The predicted octanol–water partition coefficient (Wildman–Crippen LogP) is 2.84. The monoisotopic (exact) mass is 356 g/mol. The molecular formula is C17H17ClN6O. The minimum absolute atomic E-state index is 0.262. The molecule has 0 bridgehead atoms. The first kappa shape index (κ1) is 15.8. The third-order valence-corrected chi connectivity index (χ3v) is 4.42. The van der Waals surface area contributed by atoms with Crippen molar-refractivity contribution in [1.29, 1.82) is 0 Å². The Hall–Kier alpha value is -2.67. The van der Waals surface area contributed by atoms with E-state index < -0.39 is 0 Å². The van der Waals surface area contributed by atoms with Gasteiger partial charge in [0.15, 0.2) is 5.69 Å². The molecule has 7 nitrogen and oxygen atoms in total. The first-order chi connectivity index (χ1) is 12.1. The van der Waals surface area contributed by atoms with Crippen molar-refractivity contribution in [2.24, 2.45) is 7.05 Å². The van der Waals surface area contributed by atoms with Crippen LogP contribution >= 0.6 is 11.6 Å². The molecule has 1 aromatic carbocycles. The first-order valence-corrected chi connectivity index (χ1v) is 8.45. The highest BCUT2D eigenvalue weighted by molar-refractivity contribution is 6.30. The predicted molar refractivity (Wildman–Crippen MR) is 93.7 cm³/mol. The summed E-state index contributed by atoms with van der Waals surface area (Å²) in [7, 11) is 1.86. The number of hydrogen-bond acceptors (Lipinski definition) is 4. The van der Waals surface area contributed by atoms with E-state index in [4.69, 9.17) is 11.6 Å². The van der Waals surface area contributed by atoms with E-state index >= 15 is 0 Å². The number of amides is 1. The summed E-state index contributed by atoms with van der Waals surface area (Å²) in [6.07, 6.45) is 3.91. The number of halogens is 1. The van der Waals surface area contributed by atoms with Gasteiger partial charge >= 0.3 is 0 Å². The van der Waals surface area contributed by atoms with E-state index in [2.05, 4.69) is 20.5 Å². The van der Waals surface area contributed by atoms with Crippen LogP contribution in [-0.4, -0.2) is 30.5 Å². The van der Waals surface area contributed by atoms with Crippen LogP contribution in [0, 0.1) is 0 Å². The van der Waals surface area contributed by atoms with Gasteiger partial charge in [-0.25, -0.2) is 9.67 Å². The van der Waals surface area contributed by atoms with Crippen LogP contribution in [-0.2, 0) is 13.6 Å². The van der Waals surface area contributed by atoms with Gasteiger partial charge in [0, 0.05) is 23.7 Å². The molecule has 1 aliphatic carbocycles. The molecule has 4 rings (SSSR count). The summed E-state index contributed by atoms with van der Waals surface area (Å²) in [5.41, 5.74) is 2.54. The highest BCUT2D eigenvalue weighted by Gasteiger charge is 2.28. The van der Waals surface area contributed by atoms with Crippen LogP contribution < -0.4 is 5.32 Å². The number of anilines is 1. The maximum Gasteiger partial charge on any atom is 0.278 e. The molecule has 0 unspecified atom stereocenters. The fourth-order valence-corrected chi connectivity index (χ4v) is 2.85. The molecule has 0 saturated heterocycles. The molecule has 1 N–H and O–H groups in total. The van der Waals surface area contributed by atoms with Crippen molar-refractivity contribution in [2.75, 3.05) is 5.32 Å². The highest BCUT2D eigenvalue weighted by atomic mass is 35.5. The van der Waals surface area contributed by atoms with E-state index in [-0.39, 0.29) is 11.9 Å². The maximum atomic E-state index is 12.3. The molecule has 1 amide bonds. The molecule has 1 saturated carbocycles. The topological polar surface area (TPSA) is 77.6 Å². The van der Waals surface area contributed by atoms with Gasteiger partial charge in [0.05, 0.1) is 6.54 Å². The van der Waals surface area contributed by atoms with Gasteiger partial charge < -0.3 is 0 Å². The molecule has 3 aromatic rings. The van der Waals surface area contributed by atoms with Crippen LogP contribution in [0.3, 0.4) is 0 Å². The summed E-state index contributed by atoms with van der Waals surface area (Å²) >= 11 is 5.88. The summed E-state index contributed by atoms with van der Waals surface area (Å²) in [5.74, 6) is 0.500. The Morgan fingerprint density at radius 1 is 1.28 bits per heavy atom. The van der Waals surface area contributed by atoms with E-state index in [1.165, 1.54) is 0 Å². The summed E-state index contributed by atoms with van der Waals surface area (Å²) < 4.78 is 3.44. The van der Waals surface area contributed by atoms with Crippen molar-refractivity contribution >= 4 is 23.5 Å². The summed E-state index contributed by atoms with van der Waals surface area (Å²) in [4.78, 5) is 16.5. The van der Waals surface area contributed by atoms with Crippen molar-refractivity contribution in [1.82, 2.24) is 24.5 Å². The normalized spacial score (nSPS) is 13.8. The number of benzene rings is 1. The third kappa shape index (κ3) is 3.56. The minimum atomic E-state index is -0.299. The minimum Gasteiger partial charge on any atom is -0.288 e. The van der Waals surface area contributed by atoms with Gasteiger partial charge in [0.1, 0.15) is 6.33 Å². The Bertz CT molecular complexity index is 910. The second-order valence-corrected chi connectivity index (χ2v) is 6.64. The number of carbonyl (C=O) groups excluding carboxylic acids is 1. The second kappa shape index (κ2) is 6.33. The zero-order valence-electron chi connectivity index (χ0n) is 13.7. The van der Waals surface area contributed by atoms with E-state index in [9.17, 15) is 4.79 Å². The number of hydrogen-bond donors (Lipinski definition) is 1. The molecule has 0 radical (unpaired) electrons. The molecule has 128 valence electrons. The zero-order valence-corrected chi connectivity index (χ0v) is 14.4. The standard InChI is InChI=1S/C17H17ClN6O/c1-23-15(12-4-5-12)8-14(21-23)16(25)20-17-19-10-24(22-17)9-11-2-6-13(18)7-3-11/h2-3,6-8,10,12H,4-5,9H2,1H3,(H,20,22,25). The van der Waals surface area contributed by atoms with E-state index in [1.807, 2.05) is 37.4 Å². The second-order valence-electron chi connectivity index (χ2n) is 6.20. The lowest BCUT2D eigenvalue weighted by Gasteiger charge is -2.01. The summed E-state index contributed by atoms with van der Waals surface area (Å²) in [6.45, 7) is 0.551. The Morgan fingerprint density at radius 2 is 2.04 bits per heavy atom. The molecule has 0 spiro atoms. The lowest BCUT2D eigenvalue weighted by Crippen LogP contribution is -2.14. The lowest BCUT2D eigenvalue weighted by atomic mass is 10.2. The zero-order chi connectivity index (χ0) is 17.4. The molecule has 2 aromatic heterocycles. The first-order valence-electron chi connectivity index (χ1n) is 8.07. The highest BCUT2D eigenvalue weighted by Crippen LogP contribution is 2.39. The van der Waals surface area contributed by atoms with Crippen molar-refractivity contribution < 1.29 is 4.79 Å². The van der Waals surface area contributed by atoms with Crippen LogP contribution in [0.15, 0.2) is 36.7 Å². The van der Waals surface area contributed by atoms with Gasteiger partial charge in [-0.3, -0.25) is 14.8 Å². The van der Waals surface area contributed by atoms with Crippen LogP contribution in [0.25, 0.3) is 0 Å². The number of rotatable bonds is 5. The molecule has 2 heterocycles. The largest absolute Gasteiger partial charge is 0.288 e. The molecule has 0 aliphatic heterocycles. The van der Waals surface area contributed by atoms with Crippen LogP contribution in [0.1, 0.15) is 40.5 Å². The van der Waals surface area contributed by atoms with E-state index in [0.29, 0.717) is 23.2 Å². The molecule has 1 aliphatic rings. The van der Waals surface area contributed by atoms with Crippen molar-refractivity contribution in [3.05, 3.63) is 58.6 Å². The fourth-order valence-electron chi connectivity index (χ4n) is 2.72. The van der Waals surface area contributed by atoms with Gasteiger partial charge in [0.2, 0.25) is 5.95 Å². The Labute approximate surface area is 149 Å². The fraction of sp³-hybridized carbons (Fsp3) is 0.294. The van der Waals surface area contributed by atoms with E-state index in [0.717, 1.165) is 24.1 Å². The Balaban J connectivity index is 1.42. The smallest absolute Gasteiger partial charge is 0.278 e. The van der Waals surface area contributed by atoms with Gasteiger partial charge in [0.25, 0.3) is 5.91 Å². The van der Waals surface area contributed by atoms with Crippen molar-refractivity contribution in [3.8, 4) is 0 Å². The van der Waals surface area contributed by atoms with Crippen molar-refractivity contribution in [2.45, 2.75) is 25.3 Å². The summed E-state index contributed by atoms with van der Waals surface area (Å²) in [5, 5.41) is 11.9. The Kier molecular flexibility index (Phi) is 4.01. The molecule has 25 heavy (non-hydrogen) atoms. The molecule has 0 atom stereocenters. The lowest BCUT2D eigenvalue weighted by molar-refractivity contribution is 0.102. The maximum absolute atomic E-state index is 12.3. The summed E-state index contributed by atoms with van der Waals surface area (Å²) in [6, 6.07) is 9.35. The quantitative estimate of drug-likeness (QED) is 0.762. The Morgan fingerprint density at radius 3 is 2.76 bits per heavy atom. The van der Waals surface area contributed by atoms with Crippen molar-refractivity contribution in [3.63, 3.8) is 0 Å². The van der Waals surface area contributed by atoms with E-state index in [1.54, 1.807) is 15.7 Å². The van der Waals surface area contributed by atoms with Crippen LogP contribution in [0.5, 0.6) is 0 Å². The average molecular weight is 357 g/mol.